The topological polar surface area (TPSA) is 317 Å². The molecule has 624 valence electrons. The van der Waals surface area contributed by atoms with Gasteiger partial charge in [0.2, 0.25) is 11.7 Å². The zero-order chi connectivity index (χ0) is 87.7. The van der Waals surface area contributed by atoms with Gasteiger partial charge in [0.15, 0.2) is 28.6 Å². The molecule has 0 saturated heterocycles. The van der Waals surface area contributed by atoms with Crippen molar-refractivity contribution in [3.63, 3.8) is 0 Å². The number of rotatable bonds is 15. The lowest BCUT2D eigenvalue weighted by Crippen LogP contribution is -2.09. The summed E-state index contributed by atoms with van der Waals surface area (Å²) in [6.45, 7) is 11.6. The molecule has 0 radical (unpaired) electrons. The van der Waals surface area contributed by atoms with Crippen molar-refractivity contribution in [3.05, 3.63) is 289 Å². The number of carbonyl (C=O) groups excluding carboxylic acids is 3. The van der Waals surface area contributed by atoms with Gasteiger partial charge in [-0.1, -0.05) is 84.2 Å². The van der Waals surface area contributed by atoms with Crippen LogP contribution in [0.2, 0.25) is 0 Å². The maximum atomic E-state index is 11.2. The number of nitrogens with zero attached hydrogens (tertiary/aromatic N) is 21. The number of carbonyl (C=O) groups is 3. The van der Waals surface area contributed by atoms with Crippen molar-refractivity contribution in [3.8, 4) is 33.8 Å². The first kappa shape index (κ1) is 94.2. The molecular weight excluding hydrogens is 1700 g/mol. The van der Waals surface area contributed by atoms with E-state index in [2.05, 4.69) is 195 Å². The molecule has 0 unspecified atom stereocenters. The number of benzene rings is 6. The molecule has 0 spiro atoms. The minimum absolute atomic E-state index is 0.116. The minimum atomic E-state index is 0.116. The van der Waals surface area contributed by atoms with E-state index < -0.39 is 0 Å². The number of aryl methyl sites for hydroxylation is 6. The van der Waals surface area contributed by atoms with Crippen molar-refractivity contribution < 1.29 is 14.4 Å². The predicted octanol–water partition coefficient (Wildman–Crippen LogP) is 16.4. The normalized spacial score (nSPS) is 10.2. The molecule has 0 fully saturated rings. The number of halogens is 3. The lowest BCUT2D eigenvalue weighted by Gasteiger charge is -2.12. The number of fused-ring (bicyclic) bond motifs is 3. The highest BCUT2D eigenvalue weighted by molar-refractivity contribution is 9.09. The van der Waals surface area contributed by atoms with Crippen LogP contribution in [0.1, 0.15) is 65.0 Å². The van der Waals surface area contributed by atoms with Crippen LogP contribution < -0.4 is 46.6 Å². The quantitative estimate of drug-likeness (QED) is 0.0634. The number of ketones is 3. The minimum Gasteiger partial charge on any atom is -0.382 e. The van der Waals surface area contributed by atoms with E-state index in [9.17, 15) is 14.4 Å². The first-order valence-electron chi connectivity index (χ1n) is 37.7. The van der Waals surface area contributed by atoms with Gasteiger partial charge in [0.25, 0.3) is 0 Å². The average Bonchev–Trinajstić information content (AvgIpc) is 1.67. The molecule has 6 aromatic carbocycles. The van der Waals surface area contributed by atoms with E-state index in [1.165, 1.54) is 23.3 Å². The molecule has 30 heteroatoms. The third-order valence-corrected chi connectivity index (χ3v) is 18.8. The van der Waals surface area contributed by atoms with Crippen LogP contribution in [0.15, 0.2) is 238 Å². The molecule has 0 aliphatic carbocycles. The Bertz CT molecular complexity index is 5030. The molecule has 9 aromatic heterocycles. The molecule has 120 heavy (non-hydrogen) atoms. The lowest BCUT2D eigenvalue weighted by molar-refractivity contribution is 0.101. The Labute approximate surface area is 727 Å². The van der Waals surface area contributed by atoms with Crippen LogP contribution in [0.5, 0.6) is 0 Å². The Hall–Kier alpha value is -12.9. The summed E-state index contributed by atoms with van der Waals surface area (Å²) in [6, 6.07) is 55.3. The van der Waals surface area contributed by atoms with E-state index in [0.29, 0.717) is 33.6 Å². The fourth-order valence-electron chi connectivity index (χ4n) is 10.5. The van der Waals surface area contributed by atoms with Crippen molar-refractivity contribution >= 4 is 134 Å². The molecule has 15 aromatic rings. The van der Waals surface area contributed by atoms with Gasteiger partial charge in [-0.3, -0.25) is 28.8 Å². The fraction of sp³-hybridized carbons (Fsp3) is 0.233. The second-order valence-corrected chi connectivity index (χ2v) is 30.1. The number of alkyl halides is 3. The van der Waals surface area contributed by atoms with Gasteiger partial charge in [-0.15, -0.1) is 5.10 Å². The highest BCUT2D eigenvalue weighted by atomic mass is 79.9. The van der Waals surface area contributed by atoms with Crippen molar-refractivity contribution in [2.45, 2.75) is 41.5 Å². The van der Waals surface area contributed by atoms with Crippen LogP contribution in [0.4, 0.5) is 51.7 Å². The maximum absolute atomic E-state index is 11.2. The Morgan fingerprint density at radius 1 is 0.317 bits per heavy atom. The van der Waals surface area contributed by atoms with Crippen molar-refractivity contribution in [2.75, 3.05) is 147 Å². The Balaban J connectivity index is 0.000000189. The number of anilines is 9. The Morgan fingerprint density at radius 2 is 0.692 bits per heavy atom. The van der Waals surface area contributed by atoms with Gasteiger partial charge in [-0.25, -0.2) is 39.4 Å². The summed E-state index contributed by atoms with van der Waals surface area (Å²) >= 11 is 9.42. The van der Waals surface area contributed by atoms with Gasteiger partial charge in [0, 0.05) is 195 Å². The maximum Gasteiger partial charge on any atom is 0.234 e. The summed E-state index contributed by atoms with van der Waals surface area (Å²) in [7, 11) is 24.1. The molecule has 0 amide bonds. The molecule has 27 nitrogen and oxygen atoms in total. The molecule has 0 aliphatic heterocycles. The van der Waals surface area contributed by atoms with Crippen molar-refractivity contribution in [1.29, 1.82) is 0 Å². The largest absolute Gasteiger partial charge is 0.382 e. The van der Waals surface area contributed by atoms with E-state index in [-0.39, 0.29) is 17.3 Å². The SMILES string of the molecule is CN(C)c1ccc(C(=O)CBr)cc1.CN(C)c1ccc(C(=O)CBr)cc1.CN(C)c1ccc(C(=O)CBr)cc1.Cc1ccc(N)nn1.Cc1ccc2nc(-c3ccc(N(C)C)cc3)cn2n1.Cc1cn2cc(-c3ccc(N(C)C)cc3)nc2cn1.Cc1cnc(N)cn1.Cc1cnc(N)nc1.Cc1cnc2nc(-c3ccc(N(C)C)cc3)cn2c1. The van der Waals surface area contributed by atoms with Crippen LogP contribution >= 0.6 is 47.8 Å². The van der Waals surface area contributed by atoms with Gasteiger partial charge >= 0.3 is 0 Å². The fourth-order valence-corrected chi connectivity index (χ4v) is 11.4. The standard InChI is InChI=1S/3C15H16N4.3C10H12BrNO.3C5H7N3/c1-11-4-9-15-16-14(10-19(15)17-11)12-5-7-13(8-6-12)18(2)3;1-11-9-19-10-14(17-15(19)8-16-11)12-4-6-13(7-5-12)18(2)3;1-11-8-16-15-17-14(10-19(15)9-11)12-4-6-13(7-5-12)18(2)3;3*1-12(2)9-5-3-8(4-6-9)10(13)7-11;1-4-2-8-5(6)3-7-4;1-4-2-7-5(6)8-3-4;1-4-2-3-5(6)8-7-4/h3*4-10H,1-3H3;3*3-6H,7H2,1-2H3;2-3H,1H3,(H2,6,8);2-3H,1H3,(H2,6,7,8);2-3H,1H3,(H2,6,8). The third kappa shape index (κ3) is 30.2. The molecule has 9 heterocycles. The third-order valence-electron chi connectivity index (χ3n) is 17.3. The van der Waals surface area contributed by atoms with E-state index >= 15 is 0 Å². The lowest BCUT2D eigenvalue weighted by atomic mass is 10.1. The van der Waals surface area contributed by atoms with Crippen LogP contribution in [-0.4, -0.2) is 191 Å². The van der Waals surface area contributed by atoms with E-state index in [1.807, 2.05) is 282 Å². The average molecular weight is 1810 g/mol. The van der Waals surface area contributed by atoms with Crippen LogP contribution in [0, 0.1) is 41.5 Å². The molecule has 0 saturated carbocycles. The first-order valence-corrected chi connectivity index (χ1v) is 41.1. The van der Waals surface area contributed by atoms with Gasteiger partial charge in [0.1, 0.15) is 11.6 Å². The number of imidazole rings is 3. The summed E-state index contributed by atoms with van der Waals surface area (Å²) in [5.74, 6) is 2.35. The highest BCUT2D eigenvalue weighted by Crippen LogP contribution is 2.26. The van der Waals surface area contributed by atoms with E-state index in [4.69, 9.17) is 17.2 Å². The summed E-state index contributed by atoms with van der Waals surface area (Å²) in [4.78, 5) is 83.4. The molecule has 6 N–H and O–H groups in total. The zero-order valence-corrected chi connectivity index (χ0v) is 75.9. The molecule has 0 atom stereocenters. The molecule has 0 bridgehead atoms. The second kappa shape index (κ2) is 46.9. The van der Waals surface area contributed by atoms with Crippen LogP contribution in [0.25, 0.3) is 50.8 Å². The number of aromatic nitrogens is 15. The van der Waals surface area contributed by atoms with Crippen molar-refractivity contribution in [1.82, 2.24) is 73.5 Å². The van der Waals surface area contributed by atoms with E-state index in [1.54, 1.807) is 30.9 Å². The monoisotopic (exact) mass is 1810 g/mol. The molecule has 15 rings (SSSR count). The number of hydrogen-bond donors (Lipinski definition) is 3. The summed E-state index contributed by atoms with van der Waals surface area (Å²) in [6.07, 6.45) is 20.2. The Kier molecular flexibility index (Phi) is 36.8. The summed E-state index contributed by atoms with van der Waals surface area (Å²) in [5, 5.41) is 12.9. The first-order chi connectivity index (χ1) is 57.2. The molecule has 0 aliphatic rings. The van der Waals surface area contributed by atoms with Gasteiger partial charge in [0.05, 0.1) is 80.6 Å². The second-order valence-electron chi connectivity index (χ2n) is 28.4. The smallest absolute Gasteiger partial charge is 0.234 e. The number of Topliss-reactive ketones (excluding diaryl/α,β-unsaturated/α-hetero) is 3. The molecular formula is C90H105Br3N24O3. The predicted molar refractivity (Wildman–Crippen MR) is 503 cm³/mol. The number of nitrogen functional groups attached to an aromatic ring is 3. The number of hydrogen-bond acceptors (Lipinski definition) is 24. The van der Waals surface area contributed by atoms with Gasteiger partial charge in [-0.2, -0.15) is 10.2 Å². The van der Waals surface area contributed by atoms with E-state index in [0.717, 1.165) is 118 Å². The highest BCUT2D eigenvalue weighted by Gasteiger charge is 2.12. The summed E-state index contributed by atoms with van der Waals surface area (Å²) < 4.78 is 5.80. The van der Waals surface area contributed by atoms with Gasteiger partial charge < -0.3 is 51.0 Å². The number of nitrogens with two attached hydrogens (primary N) is 3. The van der Waals surface area contributed by atoms with Crippen molar-refractivity contribution in [2.24, 2.45) is 0 Å². The van der Waals surface area contributed by atoms with Crippen LogP contribution in [-0.2, 0) is 0 Å². The zero-order valence-electron chi connectivity index (χ0n) is 71.1. The Morgan fingerprint density at radius 3 is 1.06 bits per heavy atom. The van der Waals surface area contributed by atoms with Gasteiger partial charge in [-0.05, 0) is 186 Å². The summed E-state index contributed by atoms with van der Waals surface area (Å²) in [5.41, 5.74) is 38.7. The van der Waals surface area contributed by atoms with Crippen LogP contribution in [0.3, 0.4) is 0 Å².